The van der Waals surface area contributed by atoms with Crippen LogP contribution < -0.4 is 0 Å². The number of allylic oxidation sites excluding steroid dienone is 1. The summed E-state index contributed by atoms with van der Waals surface area (Å²) in [6.07, 6.45) is 4.71. The highest BCUT2D eigenvalue weighted by Gasteiger charge is 2.23. The van der Waals surface area contributed by atoms with E-state index in [0.717, 1.165) is 12.0 Å². The van der Waals surface area contributed by atoms with Crippen molar-refractivity contribution in [1.29, 1.82) is 0 Å². The molecule has 0 unspecified atom stereocenters. The summed E-state index contributed by atoms with van der Waals surface area (Å²) in [6.45, 7) is 8.12. The van der Waals surface area contributed by atoms with Crippen LogP contribution in [0.1, 0.15) is 20.3 Å². The normalized spacial score (nSPS) is 29.8. The lowest BCUT2D eigenvalue weighted by Crippen LogP contribution is -2.23. The zero-order valence-corrected chi connectivity index (χ0v) is 7.66. The quantitative estimate of drug-likeness (QED) is 0.507. The third-order valence-electron chi connectivity index (χ3n) is 2.44. The fraction of sp³-hybridized carbons (Fsp3) is 0.600. The maximum absolute atomic E-state index is 8.57. The van der Waals surface area contributed by atoms with Crippen LogP contribution >= 0.6 is 0 Å². The van der Waals surface area contributed by atoms with E-state index in [1.165, 1.54) is 0 Å². The van der Waals surface area contributed by atoms with Crippen LogP contribution in [0.15, 0.2) is 24.3 Å². The van der Waals surface area contributed by atoms with Crippen molar-refractivity contribution in [3.63, 3.8) is 0 Å². The average Bonchev–Trinajstić information content (AvgIpc) is 2.05. The second-order valence-corrected chi connectivity index (χ2v) is 3.67. The van der Waals surface area contributed by atoms with Crippen LogP contribution in [0.25, 0.3) is 0 Å². The summed E-state index contributed by atoms with van der Waals surface area (Å²) in [4.78, 5) is 4.33. The summed E-state index contributed by atoms with van der Waals surface area (Å²) >= 11 is 0. The summed E-state index contributed by atoms with van der Waals surface area (Å²) in [5.74, 6) is 1.08. The largest absolute Gasteiger partial charge is 0.251 e. The zero-order chi connectivity index (χ0) is 9.14. The van der Waals surface area contributed by atoms with Crippen molar-refractivity contribution < 1.29 is 10.1 Å². The second kappa shape index (κ2) is 3.87. The Morgan fingerprint density at radius 3 is 2.83 bits per heavy atom. The Kier molecular flexibility index (Phi) is 3.06. The highest BCUT2D eigenvalue weighted by molar-refractivity contribution is 5.24. The minimum Gasteiger partial charge on any atom is -0.251 e. The van der Waals surface area contributed by atoms with Crippen molar-refractivity contribution in [2.75, 3.05) is 0 Å². The zero-order valence-electron chi connectivity index (χ0n) is 7.66. The van der Waals surface area contributed by atoms with Gasteiger partial charge in [-0.25, -0.2) is 4.89 Å². The van der Waals surface area contributed by atoms with Gasteiger partial charge in [0.05, 0.1) is 0 Å². The minimum absolute atomic E-state index is 0.206. The van der Waals surface area contributed by atoms with Gasteiger partial charge in [-0.1, -0.05) is 32.6 Å². The number of rotatable bonds is 2. The van der Waals surface area contributed by atoms with Crippen molar-refractivity contribution in [2.24, 2.45) is 11.8 Å². The first-order valence-corrected chi connectivity index (χ1v) is 4.32. The molecule has 0 fully saturated rings. The lowest BCUT2D eigenvalue weighted by atomic mass is 9.84. The molecule has 0 aromatic heterocycles. The van der Waals surface area contributed by atoms with Crippen LogP contribution in [-0.2, 0) is 4.89 Å². The summed E-state index contributed by atoms with van der Waals surface area (Å²) in [5, 5.41) is 8.57. The first-order chi connectivity index (χ1) is 5.65. The highest BCUT2D eigenvalue weighted by atomic mass is 17.1. The first-order valence-electron chi connectivity index (χ1n) is 4.32. The Balaban J connectivity index is 2.64. The molecule has 0 radical (unpaired) electrons. The Bertz CT molecular complexity index is 194. The fourth-order valence-electron chi connectivity index (χ4n) is 1.44. The van der Waals surface area contributed by atoms with E-state index < -0.39 is 0 Å². The molecule has 1 aliphatic carbocycles. The van der Waals surface area contributed by atoms with Gasteiger partial charge in [0, 0.05) is 0 Å². The van der Waals surface area contributed by atoms with Gasteiger partial charge in [-0.05, 0) is 23.8 Å². The Hall–Kier alpha value is -0.600. The molecular formula is C10H16O2. The van der Waals surface area contributed by atoms with Gasteiger partial charge in [-0.15, -0.1) is 0 Å². The molecule has 68 valence electrons. The summed E-state index contributed by atoms with van der Waals surface area (Å²) in [5.41, 5.74) is 0.856. The molecular weight excluding hydrogens is 152 g/mol. The van der Waals surface area contributed by atoms with Crippen molar-refractivity contribution in [3.8, 4) is 0 Å². The van der Waals surface area contributed by atoms with Crippen LogP contribution in [0, 0.1) is 11.8 Å². The molecule has 2 nitrogen and oxygen atoms in total. The van der Waals surface area contributed by atoms with Crippen LogP contribution in [-0.4, -0.2) is 11.4 Å². The Morgan fingerprint density at radius 2 is 2.33 bits per heavy atom. The van der Waals surface area contributed by atoms with Gasteiger partial charge in [-0.2, -0.15) is 0 Å². The predicted molar refractivity (Wildman–Crippen MR) is 48.7 cm³/mol. The summed E-state index contributed by atoms with van der Waals surface area (Å²) in [7, 11) is 0. The molecule has 0 saturated carbocycles. The highest BCUT2D eigenvalue weighted by Crippen LogP contribution is 2.28. The minimum atomic E-state index is -0.206. The molecule has 12 heavy (non-hydrogen) atoms. The van der Waals surface area contributed by atoms with Crippen molar-refractivity contribution in [2.45, 2.75) is 26.4 Å². The van der Waals surface area contributed by atoms with Gasteiger partial charge < -0.3 is 0 Å². The second-order valence-electron chi connectivity index (χ2n) is 3.67. The molecule has 2 heteroatoms. The average molecular weight is 168 g/mol. The lowest BCUT2D eigenvalue weighted by Gasteiger charge is -2.26. The van der Waals surface area contributed by atoms with E-state index in [1.54, 1.807) is 0 Å². The third-order valence-corrected chi connectivity index (χ3v) is 2.44. The molecule has 0 aromatic carbocycles. The van der Waals surface area contributed by atoms with Gasteiger partial charge in [-0.3, -0.25) is 5.26 Å². The van der Waals surface area contributed by atoms with Crippen molar-refractivity contribution in [3.05, 3.63) is 24.3 Å². The van der Waals surface area contributed by atoms with E-state index in [2.05, 4.69) is 31.4 Å². The molecule has 0 aliphatic heterocycles. The topological polar surface area (TPSA) is 29.5 Å². The molecule has 1 rings (SSSR count). The monoisotopic (exact) mass is 168 g/mol. The Labute approximate surface area is 73.5 Å². The maximum atomic E-state index is 8.57. The smallest absolute Gasteiger partial charge is 0.118 e. The lowest BCUT2D eigenvalue weighted by molar-refractivity contribution is -0.271. The van der Waals surface area contributed by atoms with E-state index in [9.17, 15) is 0 Å². The van der Waals surface area contributed by atoms with Gasteiger partial charge in [0.2, 0.25) is 0 Å². The third kappa shape index (κ3) is 1.96. The van der Waals surface area contributed by atoms with Gasteiger partial charge in [0.15, 0.2) is 0 Å². The van der Waals surface area contributed by atoms with Crippen molar-refractivity contribution >= 4 is 0 Å². The van der Waals surface area contributed by atoms with E-state index in [1.807, 2.05) is 6.08 Å². The van der Waals surface area contributed by atoms with E-state index in [-0.39, 0.29) is 6.10 Å². The summed E-state index contributed by atoms with van der Waals surface area (Å²) in [6, 6.07) is 0. The van der Waals surface area contributed by atoms with E-state index in [0.29, 0.717) is 11.8 Å². The van der Waals surface area contributed by atoms with E-state index in [4.69, 9.17) is 5.26 Å². The fourth-order valence-corrected chi connectivity index (χ4v) is 1.44. The molecule has 0 heterocycles. The number of hydrogen-bond donors (Lipinski definition) is 1. The molecule has 0 saturated heterocycles. The SMILES string of the molecule is C=C1C=C[C@H](C(C)C)C[C@@H]1OO. The van der Waals surface area contributed by atoms with Crippen molar-refractivity contribution in [1.82, 2.24) is 0 Å². The number of hydrogen-bond acceptors (Lipinski definition) is 2. The van der Waals surface area contributed by atoms with Crippen LogP contribution in [0.4, 0.5) is 0 Å². The molecule has 0 amide bonds. The van der Waals surface area contributed by atoms with Crippen LogP contribution in [0.5, 0.6) is 0 Å². The maximum Gasteiger partial charge on any atom is 0.118 e. The Morgan fingerprint density at radius 1 is 1.67 bits per heavy atom. The molecule has 0 bridgehead atoms. The summed E-state index contributed by atoms with van der Waals surface area (Å²) < 4.78 is 0. The van der Waals surface area contributed by atoms with Crippen LogP contribution in [0.2, 0.25) is 0 Å². The molecule has 1 aliphatic rings. The molecule has 2 atom stereocenters. The van der Waals surface area contributed by atoms with Crippen LogP contribution in [0.3, 0.4) is 0 Å². The molecule has 1 N–H and O–H groups in total. The first kappa shape index (κ1) is 9.49. The molecule has 0 aromatic rings. The predicted octanol–water partition coefficient (Wildman–Crippen LogP) is 2.63. The van der Waals surface area contributed by atoms with E-state index >= 15 is 0 Å². The van der Waals surface area contributed by atoms with Gasteiger partial charge in [0.25, 0.3) is 0 Å². The van der Waals surface area contributed by atoms with Gasteiger partial charge >= 0.3 is 0 Å². The standard InChI is InChI=1S/C10H16O2/c1-7(2)9-5-4-8(3)10(6-9)12-11/h4-5,7,9-11H,3,6H2,1-2H3/t9-,10-/m0/s1. The molecule has 0 spiro atoms. The van der Waals surface area contributed by atoms with Gasteiger partial charge in [0.1, 0.15) is 6.10 Å².